The van der Waals surface area contributed by atoms with Crippen LogP contribution in [0.25, 0.3) is 0 Å². The molecule has 2 atom stereocenters. The number of halogens is 1. The molecular formula is C19H17ClN2O3. The molecule has 0 aromatic heterocycles. The first-order valence-electron chi connectivity index (χ1n) is 8.41. The quantitative estimate of drug-likeness (QED) is 0.847. The van der Waals surface area contributed by atoms with Crippen molar-refractivity contribution in [1.82, 2.24) is 4.90 Å². The van der Waals surface area contributed by atoms with Gasteiger partial charge in [0.1, 0.15) is 0 Å². The molecule has 0 radical (unpaired) electrons. The average molecular weight is 357 g/mol. The number of ether oxygens (including phenoxy) is 2. The number of hydrogen-bond acceptors (Lipinski definition) is 4. The smallest absolute Gasteiger partial charge is 0.244 e. The fourth-order valence-corrected chi connectivity index (χ4v) is 4.30. The molecule has 3 heterocycles. The summed E-state index contributed by atoms with van der Waals surface area (Å²) in [5.41, 5.74) is 1.96. The van der Waals surface area contributed by atoms with Gasteiger partial charge in [0.15, 0.2) is 11.5 Å². The maximum atomic E-state index is 12.9. The Labute approximate surface area is 150 Å². The first-order valence-corrected chi connectivity index (χ1v) is 8.79. The Morgan fingerprint density at radius 3 is 2.80 bits per heavy atom. The molecule has 5 rings (SSSR count). The molecule has 0 aliphatic carbocycles. The zero-order chi connectivity index (χ0) is 17.0. The SMILES string of the molecule is O=C1[C@@H]2C[C@@H](CN2Cc2ccc3c(c2)OCO3)N1c1ccccc1Cl. The van der Waals surface area contributed by atoms with Gasteiger partial charge in [0.2, 0.25) is 12.7 Å². The van der Waals surface area contributed by atoms with Gasteiger partial charge in [-0.2, -0.15) is 0 Å². The zero-order valence-electron chi connectivity index (χ0n) is 13.5. The van der Waals surface area contributed by atoms with Crippen molar-refractivity contribution in [3.05, 3.63) is 53.1 Å². The number of likely N-dealkylation sites (tertiary alicyclic amines) is 1. The van der Waals surface area contributed by atoms with E-state index in [2.05, 4.69) is 4.90 Å². The van der Waals surface area contributed by atoms with Crippen LogP contribution in [-0.2, 0) is 11.3 Å². The topological polar surface area (TPSA) is 42.0 Å². The highest BCUT2D eigenvalue weighted by Crippen LogP contribution is 2.40. The summed E-state index contributed by atoms with van der Waals surface area (Å²) in [6.07, 6.45) is 0.856. The third kappa shape index (κ3) is 2.38. The van der Waals surface area contributed by atoms with E-state index in [-0.39, 0.29) is 24.8 Å². The molecule has 2 fully saturated rings. The maximum Gasteiger partial charge on any atom is 0.244 e. The lowest BCUT2D eigenvalue weighted by Crippen LogP contribution is -2.50. The van der Waals surface area contributed by atoms with Gasteiger partial charge in [-0.1, -0.05) is 29.8 Å². The molecule has 0 saturated carbocycles. The van der Waals surface area contributed by atoms with Gasteiger partial charge in [0.25, 0.3) is 0 Å². The summed E-state index contributed by atoms with van der Waals surface area (Å²) >= 11 is 6.29. The second kappa shape index (κ2) is 5.64. The lowest BCUT2D eigenvalue weighted by molar-refractivity contribution is -0.122. The van der Waals surface area contributed by atoms with Crippen molar-refractivity contribution >= 4 is 23.2 Å². The van der Waals surface area contributed by atoms with Gasteiger partial charge in [0, 0.05) is 13.1 Å². The normalized spacial score (nSPS) is 24.4. The first kappa shape index (κ1) is 15.0. The van der Waals surface area contributed by atoms with Gasteiger partial charge < -0.3 is 14.4 Å². The number of carbonyl (C=O) groups excluding carboxylic acids is 1. The molecule has 128 valence electrons. The van der Waals surface area contributed by atoms with E-state index in [1.165, 1.54) is 0 Å². The highest BCUT2D eigenvalue weighted by atomic mass is 35.5. The van der Waals surface area contributed by atoms with E-state index in [1.807, 2.05) is 47.4 Å². The van der Waals surface area contributed by atoms with Crippen LogP contribution in [0.1, 0.15) is 12.0 Å². The monoisotopic (exact) mass is 356 g/mol. The van der Waals surface area contributed by atoms with Gasteiger partial charge in [0.05, 0.1) is 22.8 Å². The van der Waals surface area contributed by atoms with Crippen molar-refractivity contribution in [3.8, 4) is 11.5 Å². The number of amides is 1. The van der Waals surface area contributed by atoms with Crippen LogP contribution in [0.3, 0.4) is 0 Å². The van der Waals surface area contributed by atoms with Gasteiger partial charge in [-0.05, 0) is 36.2 Å². The minimum absolute atomic E-state index is 0.0771. The van der Waals surface area contributed by atoms with Crippen molar-refractivity contribution in [3.63, 3.8) is 0 Å². The van der Waals surface area contributed by atoms with E-state index >= 15 is 0 Å². The standard InChI is InChI=1S/C19H17ClN2O3/c20-14-3-1-2-4-15(14)22-13-8-16(19(22)23)21(10-13)9-12-5-6-17-18(7-12)25-11-24-17/h1-7,13,16H,8-11H2/t13-,16-/m0/s1. The highest BCUT2D eigenvalue weighted by Gasteiger charge is 2.50. The van der Waals surface area contributed by atoms with Crippen molar-refractivity contribution in [2.24, 2.45) is 0 Å². The fraction of sp³-hybridized carbons (Fsp3) is 0.316. The number of anilines is 1. The van der Waals surface area contributed by atoms with Crippen molar-refractivity contribution in [1.29, 1.82) is 0 Å². The van der Waals surface area contributed by atoms with E-state index in [4.69, 9.17) is 21.1 Å². The Balaban J connectivity index is 1.35. The molecule has 25 heavy (non-hydrogen) atoms. The Morgan fingerprint density at radius 2 is 1.96 bits per heavy atom. The molecule has 0 N–H and O–H groups in total. The summed E-state index contributed by atoms with van der Waals surface area (Å²) in [4.78, 5) is 17.0. The molecule has 6 heteroatoms. The van der Waals surface area contributed by atoms with Crippen molar-refractivity contribution < 1.29 is 14.3 Å². The summed E-state index contributed by atoms with van der Waals surface area (Å²) in [5, 5.41) is 0.630. The fourth-order valence-electron chi connectivity index (χ4n) is 4.07. The third-order valence-electron chi connectivity index (χ3n) is 5.20. The lowest BCUT2D eigenvalue weighted by Gasteiger charge is -2.34. The van der Waals surface area contributed by atoms with Crippen LogP contribution in [0.15, 0.2) is 42.5 Å². The number of para-hydroxylation sites is 1. The molecule has 3 aliphatic heterocycles. The zero-order valence-corrected chi connectivity index (χ0v) is 14.3. The first-order chi connectivity index (χ1) is 12.2. The van der Waals surface area contributed by atoms with E-state index in [9.17, 15) is 4.79 Å². The van der Waals surface area contributed by atoms with Crippen LogP contribution in [0.2, 0.25) is 5.02 Å². The number of rotatable bonds is 3. The minimum Gasteiger partial charge on any atom is -0.454 e. The summed E-state index contributed by atoms with van der Waals surface area (Å²) in [5.74, 6) is 1.71. The van der Waals surface area contributed by atoms with Crippen LogP contribution >= 0.6 is 11.6 Å². The average Bonchev–Trinajstić information content (AvgIpc) is 3.30. The number of benzene rings is 2. The van der Waals surface area contributed by atoms with Gasteiger partial charge in [-0.15, -0.1) is 0 Å². The van der Waals surface area contributed by atoms with Crippen LogP contribution in [-0.4, -0.2) is 36.2 Å². The molecule has 0 unspecified atom stereocenters. The predicted octanol–water partition coefficient (Wildman–Crippen LogP) is 3.06. The number of hydrogen-bond donors (Lipinski definition) is 0. The van der Waals surface area contributed by atoms with E-state index in [1.54, 1.807) is 0 Å². The lowest BCUT2D eigenvalue weighted by atomic mass is 10.1. The maximum absolute atomic E-state index is 12.9. The van der Waals surface area contributed by atoms with Crippen molar-refractivity contribution in [2.45, 2.75) is 25.0 Å². The summed E-state index contributed by atoms with van der Waals surface area (Å²) < 4.78 is 10.8. The van der Waals surface area contributed by atoms with Crippen LogP contribution in [0, 0.1) is 0 Å². The molecule has 0 spiro atoms. The second-order valence-corrected chi connectivity index (χ2v) is 7.09. The van der Waals surface area contributed by atoms with Gasteiger partial charge in [-0.25, -0.2) is 0 Å². The largest absolute Gasteiger partial charge is 0.454 e. The summed E-state index contributed by atoms with van der Waals surface area (Å²) in [6, 6.07) is 13.6. The Hall–Kier alpha value is -2.24. The number of nitrogens with zero attached hydrogens (tertiary/aromatic N) is 2. The Kier molecular flexibility index (Phi) is 3.40. The van der Waals surface area contributed by atoms with E-state index in [0.29, 0.717) is 5.02 Å². The minimum atomic E-state index is -0.0771. The van der Waals surface area contributed by atoms with Crippen LogP contribution in [0.4, 0.5) is 5.69 Å². The van der Waals surface area contributed by atoms with Gasteiger partial charge >= 0.3 is 0 Å². The molecular weight excluding hydrogens is 340 g/mol. The van der Waals surface area contributed by atoms with Gasteiger partial charge in [-0.3, -0.25) is 9.69 Å². The molecule has 2 aromatic rings. The molecule has 2 saturated heterocycles. The van der Waals surface area contributed by atoms with E-state index in [0.717, 1.165) is 42.3 Å². The van der Waals surface area contributed by atoms with E-state index < -0.39 is 0 Å². The Bertz CT molecular complexity index is 856. The molecule has 1 amide bonds. The summed E-state index contributed by atoms with van der Waals surface area (Å²) in [7, 11) is 0. The molecule has 3 aliphatic rings. The molecule has 2 bridgehead atoms. The number of piperazine rings is 1. The molecule has 5 nitrogen and oxygen atoms in total. The number of fused-ring (bicyclic) bond motifs is 3. The predicted molar refractivity (Wildman–Crippen MR) is 94.1 cm³/mol. The van der Waals surface area contributed by atoms with Crippen LogP contribution in [0.5, 0.6) is 11.5 Å². The second-order valence-electron chi connectivity index (χ2n) is 6.68. The molecule has 2 aromatic carbocycles. The highest BCUT2D eigenvalue weighted by molar-refractivity contribution is 6.34. The van der Waals surface area contributed by atoms with Crippen molar-refractivity contribution in [2.75, 3.05) is 18.2 Å². The summed E-state index contributed by atoms with van der Waals surface area (Å²) in [6.45, 7) is 1.87. The van der Waals surface area contributed by atoms with Crippen LogP contribution < -0.4 is 14.4 Å². The third-order valence-corrected chi connectivity index (χ3v) is 5.52. The number of carbonyl (C=O) groups is 1. The Morgan fingerprint density at radius 1 is 1.12 bits per heavy atom.